The first-order valence-electron chi connectivity index (χ1n) is 8.09. The standard InChI is InChI=1S/C17H25ClN4O2.ClH/c1-17(2,3)22-16(24)20-11-6-7-13(18)12(8-11)15(23)21-14(9-19)10-4-5-10;/h6-8,10,14H,4-5,9,19H2,1-3H3,(H,21,23)(H2,20,22,24);1H. The van der Waals surface area contributed by atoms with E-state index in [2.05, 4.69) is 16.0 Å². The number of nitrogens with one attached hydrogen (secondary N) is 3. The third-order valence-electron chi connectivity index (χ3n) is 3.72. The topological polar surface area (TPSA) is 96.2 Å². The van der Waals surface area contributed by atoms with Gasteiger partial charge in [0.1, 0.15) is 0 Å². The van der Waals surface area contributed by atoms with Gasteiger partial charge in [0.25, 0.3) is 5.91 Å². The minimum atomic E-state index is -0.352. The first kappa shape index (κ1) is 21.5. The van der Waals surface area contributed by atoms with E-state index in [1.807, 2.05) is 20.8 Å². The molecule has 1 fully saturated rings. The minimum Gasteiger partial charge on any atom is -0.348 e. The molecule has 1 atom stereocenters. The number of urea groups is 1. The zero-order chi connectivity index (χ0) is 17.9. The maximum Gasteiger partial charge on any atom is 0.319 e. The molecule has 5 N–H and O–H groups in total. The SMILES string of the molecule is CC(C)(C)NC(=O)Nc1ccc(Cl)c(C(=O)NC(CN)C2CC2)c1.Cl. The lowest BCUT2D eigenvalue weighted by Gasteiger charge is -2.21. The molecular weight excluding hydrogens is 363 g/mol. The monoisotopic (exact) mass is 388 g/mol. The molecule has 1 aliphatic carbocycles. The van der Waals surface area contributed by atoms with Gasteiger partial charge in [-0.15, -0.1) is 12.4 Å². The lowest BCUT2D eigenvalue weighted by Crippen LogP contribution is -2.43. The van der Waals surface area contributed by atoms with E-state index in [4.69, 9.17) is 17.3 Å². The molecule has 25 heavy (non-hydrogen) atoms. The van der Waals surface area contributed by atoms with E-state index >= 15 is 0 Å². The number of rotatable bonds is 5. The van der Waals surface area contributed by atoms with Crippen molar-refractivity contribution in [1.29, 1.82) is 0 Å². The molecule has 2 rings (SSSR count). The average molecular weight is 389 g/mol. The molecule has 1 aromatic rings. The second kappa shape index (κ2) is 8.74. The average Bonchev–Trinajstić information content (AvgIpc) is 3.29. The van der Waals surface area contributed by atoms with E-state index in [0.717, 1.165) is 12.8 Å². The molecule has 8 heteroatoms. The Bertz CT molecular complexity index is 628. The number of carbonyl (C=O) groups is 2. The number of amides is 3. The van der Waals surface area contributed by atoms with Crippen molar-refractivity contribution >= 4 is 41.6 Å². The van der Waals surface area contributed by atoms with Gasteiger partial charge in [-0.25, -0.2) is 4.79 Å². The minimum absolute atomic E-state index is 0. The number of benzene rings is 1. The Morgan fingerprint density at radius 2 is 1.96 bits per heavy atom. The molecule has 1 aromatic carbocycles. The van der Waals surface area contributed by atoms with Crippen LogP contribution in [0, 0.1) is 5.92 Å². The van der Waals surface area contributed by atoms with Gasteiger partial charge in [0.15, 0.2) is 0 Å². The van der Waals surface area contributed by atoms with Crippen LogP contribution < -0.4 is 21.7 Å². The summed E-state index contributed by atoms with van der Waals surface area (Å²) in [6.07, 6.45) is 2.18. The lowest BCUT2D eigenvalue weighted by molar-refractivity contribution is 0.0933. The molecular formula is C17H26Cl2N4O2. The first-order chi connectivity index (χ1) is 11.2. The Morgan fingerprint density at radius 3 is 2.48 bits per heavy atom. The number of hydrogen-bond acceptors (Lipinski definition) is 3. The van der Waals surface area contributed by atoms with Crippen LogP contribution >= 0.6 is 24.0 Å². The molecule has 0 bridgehead atoms. The van der Waals surface area contributed by atoms with Crippen molar-refractivity contribution in [3.63, 3.8) is 0 Å². The van der Waals surface area contributed by atoms with Crippen molar-refractivity contribution in [2.24, 2.45) is 11.7 Å². The Labute approximate surface area is 159 Å². The van der Waals surface area contributed by atoms with Gasteiger partial charge in [-0.2, -0.15) is 0 Å². The highest BCUT2D eigenvalue weighted by molar-refractivity contribution is 6.34. The normalized spacial score (nSPS) is 14.9. The Balaban J connectivity index is 0.00000312. The fraction of sp³-hybridized carbons (Fsp3) is 0.529. The number of halogens is 2. The Kier molecular flexibility index (Phi) is 7.53. The van der Waals surface area contributed by atoms with Crippen molar-refractivity contribution in [2.45, 2.75) is 45.2 Å². The molecule has 1 unspecified atom stereocenters. The predicted molar refractivity (Wildman–Crippen MR) is 104 cm³/mol. The van der Waals surface area contributed by atoms with Crippen LogP contribution in [0.15, 0.2) is 18.2 Å². The van der Waals surface area contributed by atoms with E-state index in [1.165, 1.54) is 0 Å². The van der Waals surface area contributed by atoms with Crippen molar-refractivity contribution in [2.75, 3.05) is 11.9 Å². The summed E-state index contributed by atoms with van der Waals surface area (Å²) < 4.78 is 0. The molecule has 0 aliphatic heterocycles. The van der Waals surface area contributed by atoms with Gasteiger partial charge in [-0.05, 0) is 57.7 Å². The highest BCUT2D eigenvalue weighted by Crippen LogP contribution is 2.32. The fourth-order valence-corrected chi connectivity index (χ4v) is 2.60. The van der Waals surface area contributed by atoms with Gasteiger partial charge in [0.2, 0.25) is 0 Å². The van der Waals surface area contributed by atoms with E-state index in [0.29, 0.717) is 28.7 Å². The van der Waals surface area contributed by atoms with Crippen LogP contribution in [0.1, 0.15) is 44.0 Å². The highest BCUT2D eigenvalue weighted by atomic mass is 35.5. The summed E-state index contributed by atoms with van der Waals surface area (Å²) in [6, 6.07) is 4.45. The van der Waals surface area contributed by atoms with Crippen LogP contribution in [0.4, 0.5) is 10.5 Å². The van der Waals surface area contributed by atoms with Gasteiger partial charge in [0, 0.05) is 23.8 Å². The third kappa shape index (κ3) is 6.72. The third-order valence-corrected chi connectivity index (χ3v) is 4.05. The summed E-state index contributed by atoms with van der Waals surface area (Å²) in [6.45, 7) is 6.06. The number of carbonyl (C=O) groups excluding carboxylic acids is 2. The van der Waals surface area contributed by atoms with Crippen molar-refractivity contribution in [3.05, 3.63) is 28.8 Å². The smallest absolute Gasteiger partial charge is 0.319 e. The Morgan fingerprint density at radius 1 is 1.32 bits per heavy atom. The van der Waals surface area contributed by atoms with Crippen LogP contribution in [-0.4, -0.2) is 30.1 Å². The summed E-state index contributed by atoms with van der Waals surface area (Å²) >= 11 is 6.14. The molecule has 0 spiro atoms. The van der Waals surface area contributed by atoms with Crippen LogP contribution in [-0.2, 0) is 0 Å². The van der Waals surface area contributed by atoms with E-state index in [1.54, 1.807) is 18.2 Å². The Hall–Kier alpha value is -1.50. The molecule has 1 saturated carbocycles. The zero-order valence-corrected chi connectivity index (χ0v) is 16.3. The summed E-state index contributed by atoms with van der Waals surface area (Å²) in [4.78, 5) is 24.4. The van der Waals surface area contributed by atoms with Gasteiger partial charge >= 0.3 is 6.03 Å². The first-order valence-corrected chi connectivity index (χ1v) is 8.47. The van der Waals surface area contributed by atoms with E-state index in [9.17, 15) is 9.59 Å². The van der Waals surface area contributed by atoms with Gasteiger partial charge in [0.05, 0.1) is 10.6 Å². The van der Waals surface area contributed by atoms with Crippen LogP contribution in [0.3, 0.4) is 0 Å². The molecule has 0 aromatic heterocycles. The van der Waals surface area contributed by atoms with Gasteiger partial charge < -0.3 is 21.7 Å². The summed E-state index contributed by atoms with van der Waals surface area (Å²) in [7, 11) is 0. The van der Waals surface area contributed by atoms with Crippen LogP contribution in [0.2, 0.25) is 5.02 Å². The van der Waals surface area contributed by atoms with Gasteiger partial charge in [-0.3, -0.25) is 4.79 Å². The van der Waals surface area contributed by atoms with E-state index < -0.39 is 0 Å². The van der Waals surface area contributed by atoms with Crippen molar-refractivity contribution in [1.82, 2.24) is 10.6 Å². The number of hydrogen-bond donors (Lipinski definition) is 4. The van der Waals surface area contributed by atoms with Crippen molar-refractivity contribution < 1.29 is 9.59 Å². The maximum absolute atomic E-state index is 12.5. The summed E-state index contributed by atoms with van der Waals surface area (Å²) in [5, 5.41) is 8.77. The second-order valence-corrected chi connectivity index (χ2v) is 7.58. The number of anilines is 1. The molecule has 0 heterocycles. The van der Waals surface area contributed by atoms with E-state index in [-0.39, 0.29) is 35.9 Å². The highest BCUT2D eigenvalue weighted by Gasteiger charge is 2.31. The zero-order valence-electron chi connectivity index (χ0n) is 14.7. The molecule has 0 radical (unpaired) electrons. The molecule has 140 valence electrons. The molecule has 0 saturated heterocycles. The fourth-order valence-electron chi connectivity index (χ4n) is 2.39. The van der Waals surface area contributed by atoms with Crippen LogP contribution in [0.5, 0.6) is 0 Å². The van der Waals surface area contributed by atoms with Crippen LogP contribution in [0.25, 0.3) is 0 Å². The quantitative estimate of drug-likeness (QED) is 0.623. The molecule has 6 nitrogen and oxygen atoms in total. The van der Waals surface area contributed by atoms with Crippen molar-refractivity contribution in [3.8, 4) is 0 Å². The summed E-state index contributed by atoms with van der Waals surface area (Å²) in [5.74, 6) is 0.179. The predicted octanol–water partition coefficient (Wildman–Crippen LogP) is 3.15. The summed E-state index contributed by atoms with van der Waals surface area (Å²) in [5.41, 5.74) is 6.19. The van der Waals surface area contributed by atoms with Gasteiger partial charge in [-0.1, -0.05) is 11.6 Å². The molecule has 3 amide bonds. The molecule has 1 aliphatic rings. The second-order valence-electron chi connectivity index (χ2n) is 7.18. The maximum atomic E-state index is 12.5. The number of nitrogens with two attached hydrogens (primary N) is 1. The largest absolute Gasteiger partial charge is 0.348 e. The lowest BCUT2D eigenvalue weighted by atomic mass is 10.1.